The van der Waals surface area contributed by atoms with Crippen molar-refractivity contribution in [2.45, 2.75) is 0 Å². The Labute approximate surface area is 54.8 Å². The Morgan fingerprint density at radius 1 is 1.33 bits per heavy atom. The van der Waals surface area contributed by atoms with E-state index < -0.39 is 17.5 Å². The van der Waals surface area contributed by atoms with E-state index in [2.05, 4.69) is 4.18 Å². The summed E-state index contributed by atoms with van der Waals surface area (Å²) in [4.78, 5) is 30.8. The zero-order chi connectivity index (χ0) is 6.85. The van der Waals surface area contributed by atoms with Crippen LogP contribution in [0.2, 0.25) is 0 Å². The highest BCUT2D eigenvalue weighted by Gasteiger charge is 2.29. The number of carbonyl (C=O) groups is 3. The second-order valence-electron chi connectivity index (χ2n) is 1.39. The lowest BCUT2D eigenvalue weighted by Gasteiger charge is -2.04. The molecule has 1 saturated heterocycles. The van der Waals surface area contributed by atoms with E-state index in [-0.39, 0.29) is 5.75 Å². The molecule has 0 amide bonds. The van der Waals surface area contributed by atoms with E-state index >= 15 is 0 Å². The Bertz CT molecular complexity index is 167. The van der Waals surface area contributed by atoms with Gasteiger partial charge in [0, 0.05) is 0 Å². The summed E-state index contributed by atoms with van der Waals surface area (Å²) >= 11 is 0.695. The number of rotatable bonds is 0. The highest BCUT2D eigenvalue weighted by atomic mass is 32.2. The smallest absolute Gasteiger partial charge is 0.385 e. The summed E-state index contributed by atoms with van der Waals surface area (Å²) in [6.45, 7) is 0. The van der Waals surface area contributed by atoms with Crippen LogP contribution in [0.25, 0.3) is 0 Å². The van der Waals surface area contributed by atoms with Crippen molar-refractivity contribution in [3.05, 3.63) is 0 Å². The van der Waals surface area contributed by atoms with Crippen LogP contribution < -0.4 is 0 Å². The summed E-state index contributed by atoms with van der Waals surface area (Å²) in [6, 6.07) is 0. The molecule has 1 fully saturated rings. The maximum Gasteiger partial charge on any atom is 0.394 e. The molecule has 0 spiro atoms. The molecule has 5 heteroatoms. The molecule has 1 rings (SSSR count). The fourth-order valence-electron chi connectivity index (χ4n) is 0.354. The predicted molar refractivity (Wildman–Crippen MR) is 28.6 cm³/mol. The molecule has 0 atom stereocenters. The molecule has 9 heavy (non-hydrogen) atoms. The molecule has 0 aromatic carbocycles. The number of Topliss-reactive ketones (excluding diaryl/α,β-unsaturated/α-hetero) is 2. The molecule has 0 radical (unpaired) electrons. The normalized spacial score (nSPS) is 19.8. The van der Waals surface area contributed by atoms with Crippen molar-refractivity contribution in [2.75, 3.05) is 5.75 Å². The van der Waals surface area contributed by atoms with Crippen molar-refractivity contribution in [3.63, 3.8) is 0 Å². The van der Waals surface area contributed by atoms with E-state index in [1.165, 1.54) is 0 Å². The van der Waals surface area contributed by atoms with Crippen LogP contribution in [-0.2, 0) is 18.6 Å². The fraction of sp³-hybridized carbons (Fsp3) is 0.250. The van der Waals surface area contributed by atoms with Gasteiger partial charge in [-0.1, -0.05) is 0 Å². The summed E-state index contributed by atoms with van der Waals surface area (Å²) in [6.07, 6.45) is 0. The molecular formula is C4H2O4S. The van der Waals surface area contributed by atoms with Crippen molar-refractivity contribution in [3.8, 4) is 0 Å². The lowest BCUT2D eigenvalue weighted by Crippen LogP contribution is -2.30. The molecule has 0 aromatic rings. The number of carbonyl (C=O) groups excluding carboxylic acids is 3. The van der Waals surface area contributed by atoms with Crippen LogP contribution in [0.5, 0.6) is 0 Å². The average molecular weight is 146 g/mol. The topological polar surface area (TPSA) is 60.4 Å². The standard InChI is InChI=1S/C4H2O4S/c5-2-1-9-8-4(7)3(2)6/h1H2. The summed E-state index contributed by atoms with van der Waals surface area (Å²) in [5.41, 5.74) is 0. The highest BCUT2D eigenvalue weighted by Crippen LogP contribution is 2.09. The van der Waals surface area contributed by atoms with Gasteiger partial charge in [-0.15, -0.1) is 0 Å². The Morgan fingerprint density at radius 2 is 2.00 bits per heavy atom. The Hall–Kier alpha value is -0.840. The van der Waals surface area contributed by atoms with Gasteiger partial charge in [0.1, 0.15) is 0 Å². The molecular weight excluding hydrogens is 144 g/mol. The minimum absolute atomic E-state index is 0.0510. The molecule has 0 aromatic heterocycles. The van der Waals surface area contributed by atoms with Crippen LogP contribution >= 0.6 is 12.0 Å². The van der Waals surface area contributed by atoms with Crippen molar-refractivity contribution in [1.82, 2.24) is 0 Å². The first-order valence-corrected chi connectivity index (χ1v) is 3.04. The van der Waals surface area contributed by atoms with E-state index in [0.29, 0.717) is 12.0 Å². The number of hydrogen-bond acceptors (Lipinski definition) is 5. The van der Waals surface area contributed by atoms with Crippen molar-refractivity contribution in [1.29, 1.82) is 0 Å². The molecule has 1 aliphatic heterocycles. The summed E-state index contributed by atoms with van der Waals surface area (Å²) in [5, 5.41) is 0. The fourth-order valence-corrected chi connectivity index (χ4v) is 0.834. The predicted octanol–water partition coefficient (Wildman–Crippen LogP) is -0.670. The monoisotopic (exact) mass is 146 g/mol. The largest absolute Gasteiger partial charge is 0.394 e. The van der Waals surface area contributed by atoms with E-state index in [9.17, 15) is 14.4 Å². The van der Waals surface area contributed by atoms with Gasteiger partial charge in [-0.25, -0.2) is 4.79 Å². The third kappa shape index (κ3) is 1.10. The maximum absolute atomic E-state index is 10.3. The third-order valence-electron chi connectivity index (χ3n) is 0.763. The van der Waals surface area contributed by atoms with Crippen LogP contribution in [0, 0.1) is 0 Å². The molecule has 0 bridgehead atoms. The second-order valence-corrected chi connectivity index (χ2v) is 2.08. The Balaban J connectivity index is 2.74. The van der Waals surface area contributed by atoms with Gasteiger partial charge in [-0.05, 0) is 0 Å². The van der Waals surface area contributed by atoms with Gasteiger partial charge < -0.3 is 4.18 Å². The molecule has 0 unspecified atom stereocenters. The summed E-state index contributed by atoms with van der Waals surface area (Å²) in [5.74, 6) is -2.84. The van der Waals surface area contributed by atoms with Gasteiger partial charge >= 0.3 is 11.8 Å². The minimum atomic E-state index is -1.06. The SMILES string of the molecule is O=C1CSOC(=O)C1=O. The summed E-state index contributed by atoms with van der Waals surface area (Å²) in [7, 11) is 0. The molecule has 0 aliphatic carbocycles. The molecule has 0 saturated carbocycles. The van der Waals surface area contributed by atoms with E-state index in [1.807, 2.05) is 0 Å². The zero-order valence-corrected chi connectivity index (χ0v) is 5.06. The quantitative estimate of drug-likeness (QED) is 0.335. The second kappa shape index (κ2) is 2.18. The van der Waals surface area contributed by atoms with Crippen molar-refractivity contribution < 1.29 is 18.6 Å². The molecule has 1 heterocycles. The van der Waals surface area contributed by atoms with Crippen LogP contribution in [0.15, 0.2) is 0 Å². The van der Waals surface area contributed by atoms with Crippen LogP contribution in [0.1, 0.15) is 0 Å². The first kappa shape index (κ1) is 6.28. The zero-order valence-electron chi connectivity index (χ0n) is 4.25. The highest BCUT2D eigenvalue weighted by molar-refractivity contribution is 7.96. The first-order valence-electron chi connectivity index (χ1n) is 2.13. The number of ketones is 2. The van der Waals surface area contributed by atoms with Crippen LogP contribution in [-0.4, -0.2) is 23.3 Å². The Kier molecular flexibility index (Phi) is 1.52. The number of hydrogen-bond donors (Lipinski definition) is 0. The first-order chi connectivity index (χ1) is 4.22. The molecule has 4 nitrogen and oxygen atoms in total. The van der Waals surface area contributed by atoms with Gasteiger partial charge in [-0.2, -0.15) is 0 Å². The van der Waals surface area contributed by atoms with Gasteiger partial charge in [0.25, 0.3) is 0 Å². The minimum Gasteiger partial charge on any atom is -0.385 e. The molecule has 48 valence electrons. The lowest BCUT2D eigenvalue weighted by molar-refractivity contribution is -0.151. The van der Waals surface area contributed by atoms with Crippen LogP contribution in [0.4, 0.5) is 0 Å². The van der Waals surface area contributed by atoms with Gasteiger partial charge in [-0.3, -0.25) is 9.59 Å². The van der Waals surface area contributed by atoms with Gasteiger partial charge in [0.05, 0.1) is 17.8 Å². The summed E-state index contributed by atoms with van der Waals surface area (Å²) < 4.78 is 4.17. The van der Waals surface area contributed by atoms with Crippen molar-refractivity contribution in [2.24, 2.45) is 0 Å². The van der Waals surface area contributed by atoms with E-state index in [4.69, 9.17) is 0 Å². The maximum atomic E-state index is 10.3. The van der Waals surface area contributed by atoms with E-state index in [0.717, 1.165) is 0 Å². The lowest BCUT2D eigenvalue weighted by atomic mass is 10.3. The van der Waals surface area contributed by atoms with Crippen LogP contribution in [0.3, 0.4) is 0 Å². The van der Waals surface area contributed by atoms with E-state index in [1.54, 1.807) is 0 Å². The Morgan fingerprint density at radius 3 is 2.44 bits per heavy atom. The average Bonchev–Trinajstić information content (AvgIpc) is 1.83. The molecule has 0 N–H and O–H groups in total. The van der Waals surface area contributed by atoms with Gasteiger partial charge in [0.15, 0.2) is 0 Å². The van der Waals surface area contributed by atoms with Gasteiger partial charge in [0.2, 0.25) is 5.78 Å². The third-order valence-corrected chi connectivity index (χ3v) is 1.41. The van der Waals surface area contributed by atoms with Crippen molar-refractivity contribution >= 4 is 29.6 Å². The molecule has 1 aliphatic rings.